The zero-order chi connectivity index (χ0) is 93.4. The van der Waals surface area contributed by atoms with Crippen molar-refractivity contribution in [1.82, 2.24) is 19.9 Å². The van der Waals surface area contributed by atoms with Crippen LogP contribution in [0.15, 0.2) is 240 Å². The summed E-state index contributed by atoms with van der Waals surface area (Å²) >= 11 is 6.54. The molecule has 8 heterocycles. The molecule has 0 aliphatic heterocycles. The molecule has 4 atom stereocenters. The molecule has 10 aromatic carbocycles. The number of fused-ring (bicyclic) bond motifs is 8. The first-order valence-corrected chi connectivity index (χ1v) is 51.4. The fourth-order valence-electron chi connectivity index (χ4n) is 18.7. The summed E-state index contributed by atoms with van der Waals surface area (Å²) in [7, 11) is -3.93. The lowest BCUT2D eigenvalue weighted by Gasteiger charge is -2.27. The third-order valence-corrected chi connectivity index (χ3v) is 35.6. The minimum absolute atomic E-state index is 0.0249. The van der Waals surface area contributed by atoms with E-state index in [0.717, 1.165) is 164 Å². The van der Waals surface area contributed by atoms with Crippen molar-refractivity contribution >= 4 is 179 Å². The molecular weight excluding hydrogens is 1770 g/mol. The predicted molar refractivity (Wildman–Crippen MR) is 550 cm³/mol. The molecule has 0 radical (unpaired) electrons. The van der Waals surface area contributed by atoms with E-state index < -0.39 is 44.2 Å². The maximum atomic E-state index is 14.1. The van der Waals surface area contributed by atoms with Crippen molar-refractivity contribution in [3.05, 3.63) is 308 Å². The lowest BCUT2D eigenvalue weighted by atomic mass is 10.0. The van der Waals surface area contributed by atoms with E-state index in [-0.39, 0.29) is 45.0 Å². The van der Waals surface area contributed by atoms with Crippen LogP contribution in [0.2, 0.25) is 0 Å². The van der Waals surface area contributed by atoms with E-state index in [1.54, 1.807) is 69.6 Å². The van der Waals surface area contributed by atoms with Crippen molar-refractivity contribution in [3.8, 4) is 53.8 Å². The molecule has 4 N–H and O–H groups in total. The maximum Gasteiger partial charge on any atom is 0.336 e. The highest BCUT2D eigenvalue weighted by atomic mass is 32.2. The fraction of sp³-hybridized carbons (Fsp3) is 0.234. The number of carboxylic acids is 4. The smallest absolute Gasteiger partial charge is 0.336 e. The monoisotopic (exact) mass is 1870 g/mol. The van der Waals surface area contributed by atoms with Crippen molar-refractivity contribution in [3.63, 3.8) is 0 Å². The highest BCUT2D eigenvalue weighted by Gasteiger charge is 2.33. The van der Waals surface area contributed by atoms with Crippen LogP contribution in [0.1, 0.15) is 201 Å². The number of carboxylic acid groups (broad SMARTS) is 4. The van der Waals surface area contributed by atoms with Crippen LogP contribution in [0.3, 0.4) is 0 Å². The Labute approximate surface area is 791 Å². The summed E-state index contributed by atoms with van der Waals surface area (Å²) in [4.78, 5) is 74.9. The van der Waals surface area contributed by atoms with Gasteiger partial charge in [0.25, 0.3) is 0 Å². The number of aryl methyl sites for hydroxylation is 8. The summed E-state index contributed by atoms with van der Waals surface area (Å²) < 4.78 is 44.9. The topological polar surface area (TPSA) is 253 Å². The summed E-state index contributed by atoms with van der Waals surface area (Å²) in [5.41, 5.74) is 16.3. The van der Waals surface area contributed by atoms with Crippen LogP contribution < -0.4 is 9.47 Å². The molecule has 0 saturated heterocycles. The van der Waals surface area contributed by atoms with E-state index in [4.69, 9.17) is 29.4 Å². The van der Waals surface area contributed by atoms with Gasteiger partial charge in [-0.15, -0.1) is 45.3 Å². The molecule has 22 heteroatoms. The molecule has 2 saturated carbocycles. The average molecular weight is 1880 g/mol. The van der Waals surface area contributed by atoms with Gasteiger partial charge in [-0.05, 0) is 259 Å². The first-order chi connectivity index (χ1) is 64.2. The van der Waals surface area contributed by atoms with Crippen molar-refractivity contribution in [2.75, 3.05) is 0 Å². The quantitative estimate of drug-likeness (QED) is 0.0518. The first kappa shape index (κ1) is 92.2. The van der Waals surface area contributed by atoms with Crippen LogP contribution in [0, 0.1) is 41.5 Å². The van der Waals surface area contributed by atoms with Crippen molar-refractivity contribution in [1.29, 1.82) is 0 Å². The Bertz CT molecular complexity index is 7520. The second kappa shape index (κ2) is 39.2. The SMILES string of the molecule is C=S(=O)(c1ccc(CC)c2nc(-c3sc4ccccc4c3C)cc(C(=O)O)c12)C1CCCCC1.CCc1ccc(S(=O)C2CCCCC2)c2c(C(=O)O)cc(-c3sc4ccccc4c3C)nc12.Cc1c(-c2cc(C(=O)O)c3c(O[C@@H](C)c4ccccc4)ccc(C)c3n2)sc2ccccc12.Cc1c(-c2cc(C(=O)O)c3c(O[C@H](C)c4ccccc4)ccc(C)c3n2)sc2ccccc12. The standard InChI is InChI=1S/C28H29NO3S2.2C28H23NO3S.C27H27NO3S2/c1-4-18-14-15-24(34(3,32)19-10-6-5-7-11-19)25-21(28(30)31)16-22(29-26(18)25)27-17(2)20-12-8-9-13-23(20)33-27;2*1-16-13-14-23(32-18(3)19-9-5-4-6-10-19)25-21(28(30)31)15-22(29-26(16)25)27-17(2)20-11-7-8-12-24(20)33-27;1-3-17-13-14-23(33(31)18-9-5-4-6-10-18)24-20(27(29)30)15-21(28-25(17)24)26-16(2)19-11-7-8-12-22(19)32-26/h8-9,12-16,19H,3-7,10-11H2,1-2H3,(H,30,31);2*4-15,18H,1-3H3,(H,30,31);7-8,11-15,18H,3-6,9-10H2,1-2H3,(H,29,30)/t;2*18-;/m.10./s1. The van der Waals surface area contributed by atoms with Crippen LogP contribution in [-0.4, -0.2) is 89.0 Å². The molecule has 20 rings (SSSR count). The third-order valence-electron chi connectivity index (χ3n) is 25.9. The molecule has 674 valence electrons. The molecule has 18 aromatic rings. The number of hydrogen-bond donors (Lipinski definition) is 4. The normalized spacial score (nSPS) is 14.2. The molecule has 2 aliphatic carbocycles. The molecule has 0 amide bonds. The van der Waals surface area contributed by atoms with Gasteiger partial charge in [-0.2, -0.15) is 0 Å². The van der Waals surface area contributed by atoms with Crippen LogP contribution in [0.5, 0.6) is 11.5 Å². The number of benzene rings is 10. The van der Waals surface area contributed by atoms with Gasteiger partial charge in [-0.25, -0.2) is 39.1 Å². The van der Waals surface area contributed by atoms with Gasteiger partial charge in [0.05, 0.1) is 108 Å². The Hall–Kier alpha value is -12.7. The van der Waals surface area contributed by atoms with Crippen molar-refractivity contribution < 1.29 is 57.5 Å². The van der Waals surface area contributed by atoms with Crippen LogP contribution in [-0.2, 0) is 33.2 Å². The molecular formula is C111H102N4O12S6. The molecule has 2 fully saturated rings. The molecule has 133 heavy (non-hydrogen) atoms. The predicted octanol–water partition coefficient (Wildman–Crippen LogP) is 29.4. The lowest BCUT2D eigenvalue weighted by molar-refractivity contribution is 0.0688. The third kappa shape index (κ3) is 18.3. The lowest BCUT2D eigenvalue weighted by Crippen LogP contribution is -2.24. The van der Waals surface area contributed by atoms with Crippen LogP contribution in [0.25, 0.3) is 126 Å². The van der Waals surface area contributed by atoms with E-state index in [1.165, 1.54) is 22.6 Å². The minimum atomic E-state index is -2.68. The maximum absolute atomic E-state index is 14.1. The van der Waals surface area contributed by atoms with E-state index in [2.05, 4.69) is 82.1 Å². The number of pyridine rings is 4. The number of rotatable bonds is 20. The Kier molecular flexibility index (Phi) is 27.2. The Balaban J connectivity index is 0.000000124. The first-order valence-electron chi connectivity index (χ1n) is 45.1. The molecule has 8 aromatic heterocycles. The zero-order valence-corrected chi connectivity index (χ0v) is 80.6. The van der Waals surface area contributed by atoms with Gasteiger partial charge in [0.1, 0.15) is 23.7 Å². The van der Waals surface area contributed by atoms with Gasteiger partial charge < -0.3 is 29.9 Å². The van der Waals surface area contributed by atoms with Gasteiger partial charge in [-0.1, -0.05) is 210 Å². The Morgan fingerprint density at radius 3 is 1.07 bits per heavy atom. The number of thiophene rings is 4. The van der Waals surface area contributed by atoms with E-state index in [1.807, 2.05) is 199 Å². The summed E-state index contributed by atoms with van der Waals surface area (Å²) in [6.45, 7) is 20.2. The van der Waals surface area contributed by atoms with Crippen molar-refractivity contribution in [2.45, 2.75) is 179 Å². The largest absolute Gasteiger partial charge is 0.485 e. The highest BCUT2D eigenvalue weighted by molar-refractivity contribution is 8.01. The van der Waals surface area contributed by atoms with E-state index >= 15 is 0 Å². The van der Waals surface area contributed by atoms with Gasteiger partial charge in [0.2, 0.25) is 0 Å². The molecule has 0 bridgehead atoms. The second-order valence-electron chi connectivity index (χ2n) is 34.3. The molecule has 0 spiro atoms. The van der Waals surface area contributed by atoms with E-state index in [0.29, 0.717) is 94.1 Å². The van der Waals surface area contributed by atoms with Gasteiger partial charge in [-0.3, -0.25) is 8.42 Å². The minimum Gasteiger partial charge on any atom is -0.485 e. The number of aromatic carboxylic acids is 4. The number of ether oxygens (including phenoxy) is 2. The molecule has 2 unspecified atom stereocenters. The second-order valence-corrected chi connectivity index (χ2v) is 42.8. The summed E-state index contributed by atoms with van der Waals surface area (Å²) in [5.74, 6) is 1.23. The zero-order valence-electron chi connectivity index (χ0n) is 75.7. The average Bonchev–Trinajstić information content (AvgIpc) is 1.76. The van der Waals surface area contributed by atoms with Gasteiger partial charge in [0, 0.05) is 49.9 Å². The number of carbonyl (C=O) groups is 4. The highest BCUT2D eigenvalue weighted by Crippen LogP contribution is 2.48. The Morgan fingerprint density at radius 2 is 0.714 bits per heavy atom. The fourth-order valence-corrected chi connectivity index (χ4v) is 27.4. The number of nitrogens with zero attached hydrogens (tertiary/aromatic N) is 4. The number of hydrogen-bond acceptors (Lipinski definition) is 16. The van der Waals surface area contributed by atoms with Crippen LogP contribution in [0.4, 0.5) is 0 Å². The molecule has 16 nitrogen and oxygen atoms in total. The van der Waals surface area contributed by atoms with E-state index in [9.17, 15) is 48.0 Å². The Morgan fingerprint density at radius 1 is 0.398 bits per heavy atom. The molecule has 2 aliphatic rings. The van der Waals surface area contributed by atoms with Gasteiger partial charge >= 0.3 is 23.9 Å². The summed E-state index contributed by atoms with van der Waals surface area (Å²) in [5, 5.41) is 47.6. The van der Waals surface area contributed by atoms with Gasteiger partial charge in [0.15, 0.2) is 0 Å². The summed E-state index contributed by atoms with van der Waals surface area (Å²) in [6.07, 6.45) is 11.2. The van der Waals surface area contributed by atoms with Crippen molar-refractivity contribution in [2.24, 2.45) is 0 Å². The number of aromatic nitrogens is 4. The van der Waals surface area contributed by atoms with Crippen LogP contribution >= 0.6 is 45.3 Å². The summed E-state index contributed by atoms with van der Waals surface area (Å²) in [6, 6.07) is 74.5.